The monoisotopic (exact) mass is 427 g/mol. The summed E-state index contributed by atoms with van der Waals surface area (Å²) < 4.78 is 25.1. The molecule has 0 radical (unpaired) electrons. The van der Waals surface area contributed by atoms with Gasteiger partial charge in [0.2, 0.25) is 10.0 Å². The number of nitrogens with one attached hydrogen (secondary N) is 1. The number of halogens is 2. The van der Waals surface area contributed by atoms with Gasteiger partial charge < -0.3 is 0 Å². The van der Waals surface area contributed by atoms with Crippen LogP contribution in [-0.2, 0) is 14.8 Å². The summed E-state index contributed by atoms with van der Waals surface area (Å²) in [4.78, 5) is 12.2. The zero-order valence-corrected chi connectivity index (χ0v) is 17.4. The number of hydrogen-bond acceptors (Lipinski definition) is 4. The zero-order chi connectivity index (χ0) is 20.2. The largest absolute Gasteiger partial charge is 0.271 e. The molecule has 1 amide bonds. The van der Waals surface area contributed by atoms with Crippen molar-refractivity contribution >= 4 is 50.5 Å². The molecule has 6 nitrogen and oxygen atoms in total. The van der Waals surface area contributed by atoms with E-state index in [4.69, 9.17) is 23.2 Å². The Kier molecular flexibility index (Phi) is 6.86. The molecule has 0 saturated carbocycles. The Hall–Kier alpha value is -2.09. The lowest BCUT2D eigenvalue weighted by atomic mass is 10.1. The van der Waals surface area contributed by atoms with Crippen LogP contribution in [0, 0.1) is 6.92 Å². The molecule has 0 unspecified atom stereocenters. The van der Waals surface area contributed by atoms with E-state index in [0.29, 0.717) is 5.71 Å². The molecule has 27 heavy (non-hydrogen) atoms. The van der Waals surface area contributed by atoms with Crippen molar-refractivity contribution in [1.82, 2.24) is 5.43 Å². The second kappa shape index (κ2) is 8.73. The van der Waals surface area contributed by atoms with Gasteiger partial charge in [0.15, 0.2) is 0 Å². The summed E-state index contributed by atoms with van der Waals surface area (Å²) in [5.74, 6) is -0.585. The van der Waals surface area contributed by atoms with Crippen LogP contribution in [0.25, 0.3) is 0 Å². The predicted octanol–water partition coefficient (Wildman–Crippen LogP) is 3.61. The van der Waals surface area contributed by atoms with E-state index in [2.05, 4.69) is 10.5 Å². The summed E-state index contributed by atoms with van der Waals surface area (Å²) in [6, 6.07) is 12.0. The van der Waals surface area contributed by atoms with E-state index in [1.165, 1.54) is 18.2 Å². The second-order valence-corrected chi connectivity index (χ2v) is 8.69. The quantitative estimate of drug-likeness (QED) is 0.564. The van der Waals surface area contributed by atoms with Crippen LogP contribution in [0.15, 0.2) is 47.6 Å². The molecule has 0 saturated heterocycles. The van der Waals surface area contributed by atoms with Gasteiger partial charge in [0.05, 0.1) is 27.7 Å². The second-order valence-electron chi connectivity index (χ2n) is 5.97. The van der Waals surface area contributed by atoms with E-state index in [0.717, 1.165) is 21.7 Å². The van der Waals surface area contributed by atoms with Crippen LogP contribution in [0.1, 0.15) is 18.1 Å². The number of nitrogens with zero attached hydrogens (tertiary/aromatic N) is 2. The van der Waals surface area contributed by atoms with Gasteiger partial charge in [0, 0.05) is 0 Å². The number of carbonyl (C=O) groups is 1. The van der Waals surface area contributed by atoms with Gasteiger partial charge in [0.25, 0.3) is 5.91 Å². The first-order valence-corrected chi connectivity index (χ1v) is 10.5. The maximum Gasteiger partial charge on any atom is 0.260 e. The number of sulfonamides is 1. The Bertz CT molecular complexity index is 974. The Morgan fingerprint density at radius 2 is 1.74 bits per heavy atom. The molecule has 0 aliphatic carbocycles. The highest BCUT2D eigenvalue weighted by Crippen LogP contribution is 2.28. The first-order chi connectivity index (χ1) is 12.6. The van der Waals surface area contributed by atoms with Crippen molar-refractivity contribution in [3.8, 4) is 0 Å². The first kappa shape index (κ1) is 21.2. The SMILES string of the molecule is C/C(=N/NC(=O)CN(c1ccc(Cl)c(Cl)c1)S(C)(=O)=O)c1ccc(C)cc1. The van der Waals surface area contributed by atoms with Crippen molar-refractivity contribution in [3.63, 3.8) is 0 Å². The number of benzene rings is 2. The summed E-state index contributed by atoms with van der Waals surface area (Å²) in [6.07, 6.45) is 1.00. The van der Waals surface area contributed by atoms with Gasteiger partial charge in [-0.15, -0.1) is 0 Å². The van der Waals surface area contributed by atoms with Gasteiger partial charge in [-0.05, 0) is 37.6 Å². The van der Waals surface area contributed by atoms with E-state index < -0.39 is 22.5 Å². The van der Waals surface area contributed by atoms with Crippen LogP contribution in [0.3, 0.4) is 0 Å². The standard InChI is InChI=1S/C18H19Cl2N3O3S/c1-12-4-6-14(7-5-12)13(2)21-22-18(24)11-23(27(3,25)26)15-8-9-16(19)17(20)10-15/h4-10H,11H2,1-3H3,(H,22,24)/b21-13-. The molecule has 1 N–H and O–H groups in total. The van der Waals surface area contributed by atoms with Gasteiger partial charge in [-0.3, -0.25) is 9.10 Å². The van der Waals surface area contributed by atoms with Gasteiger partial charge in [-0.2, -0.15) is 5.10 Å². The molecule has 9 heteroatoms. The third-order valence-corrected chi connectivity index (χ3v) is 5.58. The summed E-state index contributed by atoms with van der Waals surface area (Å²) in [5.41, 5.74) is 5.18. The molecule has 2 aromatic rings. The summed E-state index contributed by atoms with van der Waals surface area (Å²) in [7, 11) is -3.72. The molecular weight excluding hydrogens is 409 g/mol. The van der Waals surface area contributed by atoms with Gasteiger partial charge in [-0.25, -0.2) is 13.8 Å². The fourth-order valence-electron chi connectivity index (χ4n) is 2.21. The summed E-state index contributed by atoms with van der Waals surface area (Å²) in [5, 5.41) is 4.51. The summed E-state index contributed by atoms with van der Waals surface area (Å²) in [6.45, 7) is 3.28. The van der Waals surface area contributed by atoms with Crippen LogP contribution in [-0.4, -0.2) is 32.8 Å². The molecule has 0 spiro atoms. The van der Waals surface area contributed by atoms with Crippen LogP contribution < -0.4 is 9.73 Å². The normalized spacial score (nSPS) is 12.0. The molecule has 0 bridgehead atoms. The highest BCUT2D eigenvalue weighted by Gasteiger charge is 2.21. The van der Waals surface area contributed by atoms with Crippen molar-refractivity contribution in [2.75, 3.05) is 17.1 Å². The third-order valence-electron chi connectivity index (χ3n) is 3.70. The number of hydrogen-bond donors (Lipinski definition) is 1. The van der Waals surface area contributed by atoms with E-state index in [9.17, 15) is 13.2 Å². The minimum atomic E-state index is -3.72. The fraction of sp³-hybridized carbons (Fsp3) is 0.222. The van der Waals surface area contributed by atoms with Gasteiger partial charge >= 0.3 is 0 Å². The van der Waals surface area contributed by atoms with Gasteiger partial charge in [0.1, 0.15) is 6.54 Å². The minimum absolute atomic E-state index is 0.191. The Morgan fingerprint density at radius 1 is 1.11 bits per heavy atom. The van der Waals surface area contributed by atoms with Crippen molar-refractivity contribution in [2.24, 2.45) is 5.10 Å². The maximum atomic E-state index is 12.2. The fourth-order valence-corrected chi connectivity index (χ4v) is 3.35. The summed E-state index contributed by atoms with van der Waals surface area (Å²) >= 11 is 11.8. The molecule has 0 fully saturated rings. The maximum absolute atomic E-state index is 12.2. The lowest BCUT2D eigenvalue weighted by Gasteiger charge is -2.21. The molecule has 0 aliphatic rings. The van der Waals surface area contributed by atoms with Crippen molar-refractivity contribution in [2.45, 2.75) is 13.8 Å². The number of anilines is 1. The molecule has 2 aromatic carbocycles. The highest BCUT2D eigenvalue weighted by atomic mass is 35.5. The first-order valence-electron chi connectivity index (χ1n) is 7.91. The highest BCUT2D eigenvalue weighted by molar-refractivity contribution is 7.92. The molecular formula is C18H19Cl2N3O3S. The average Bonchev–Trinajstić information content (AvgIpc) is 2.59. The molecule has 0 atom stereocenters. The molecule has 0 heterocycles. The molecule has 0 aliphatic heterocycles. The average molecular weight is 428 g/mol. The third kappa shape index (κ3) is 5.95. The molecule has 0 aromatic heterocycles. The van der Waals surface area contributed by atoms with Gasteiger partial charge in [-0.1, -0.05) is 53.0 Å². The number of amides is 1. The number of hydrazone groups is 1. The van der Waals surface area contributed by atoms with Crippen LogP contribution in [0.5, 0.6) is 0 Å². The topological polar surface area (TPSA) is 78.8 Å². The van der Waals surface area contributed by atoms with E-state index >= 15 is 0 Å². The molecule has 2 rings (SSSR count). The van der Waals surface area contributed by atoms with E-state index in [-0.39, 0.29) is 15.7 Å². The number of rotatable bonds is 6. The van der Waals surface area contributed by atoms with Crippen LogP contribution in [0.4, 0.5) is 5.69 Å². The lowest BCUT2D eigenvalue weighted by molar-refractivity contribution is -0.119. The van der Waals surface area contributed by atoms with E-state index in [1.54, 1.807) is 6.92 Å². The Balaban J connectivity index is 2.15. The lowest BCUT2D eigenvalue weighted by Crippen LogP contribution is -2.39. The number of carbonyl (C=O) groups excluding carboxylic acids is 1. The zero-order valence-electron chi connectivity index (χ0n) is 15.0. The van der Waals surface area contributed by atoms with Crippen molar-refractivity contribution < 1.29 is 13.2 Å². The number of aryl methyl sites for hydroxylation is 1. The molecule has 144 valence electrons. The van der Waals surface area contributed by atoms with E-state index in [1.807, 2.05) is 31.2 Å². The Labute approximate surface area is 168 Å². The van der Waals surface area contributed by atoms with Crippen LogP contribution >= 0.6 is 23.2 Å². The smallest absolute Gasteiger partial charge is 0.260 e. The predicted molar refractivity (Wildman–Crippen MR) is 110 cm³/mol. The van der Waals surface area contributed by atoms with Crippen molar-refractivity contribution in [1.29, 1.82) is 0 Å². The van der Waals surface area contributed by atoms with Crippen LogP contribution in [0.2, 0.25) is 10.0 Å². The minimum Gasteiger partial charge on any atom is -0.271 e. The Morgan fingerprint density at radius 3 is 2.30 bits per heavy atom. The van der Waals surface area contributed by atoms with Crippen molar-refractivity contribution in [3.05, 3.63) is 63.6 Å².